The van der Waals surface area contributed by atoms with Gasteiger partial charge in [-0.2, -0.15) is 0 Å². The van der Waals surface area contributed by atoms with Crippen LogP contribution in [0.15, 0.2) is 42.5 Å². The predicted molar refractivity (Wildman–Crippen MR) is 97.0 cm³/mol. The Morgan fingerprint density at radius 1 is 1.17 bits per heavy atom. The minimum Gasteiger partial charge on any atom is -0.445 e. The van der Waals surface area contributed by atoms with Gasteiger partial charge in [-0.3, -0.25) is 0 Å². The van der Waals surface area contributed by atoms with Crippen LogP contribution in [-0.4, -0.2) is 12.6 Å². The molecule has 3 N–H and O–H groups in total. The van der Waals surface area contributed by atoms with E-state index in [1.54, 1.807) is 12.1 Å². The van der Waals surface area contributed by atoms with Crippen molar-refractivity contribution >= 4 is 35.0 Å². The van der Waals surface area contributed by atoms with Gasteiger partial charge in [0.25, 0.3) is 0 Å². The average molecular weight is 363 g/mol. The minimum absolute atomic E-state index is 0.234. The molecular weight excluding hydrogens is 347 g/mol. The zero-order chi connectivity index (χ0) is 17.4. The number of nitrogen functional groups attached to an aromatic ring is 1. The number of nitrogens with two attached hydrogens (primary N) is 1. The van der Waals surface area contributed by atoms with Gasteiger partial charge < -0.3 is 15.8 Å². The molecule has 0 radical (unpaired) electrons. The van der Waals surface area contributed by atoms with Crippen molar-refractivity contribution in [1.29, 1.82) is 0 Å². The molecule has 0 atom stereocenters. The number of amides is 1. The van der Waals surface area contributed by atoms with Gasteiger partial charge in [0.15, 0.2) is 0 Å². The first-order chi connectivity index (χ1) is 11.6. The normalized spacial score (nSPS) is 9.75. The summed E-state index contributed by atoms with van der Waals surface area (Å²) in [6.45, 7) is 0.610. The molecule has 0 aromatic heterocycles. The number of carbonyl (C=O) groups is 1. The summed E-state index contributed by atoms with van der Waals surface area (Å²) >= 11 is 12.0. The zero-order valence-corrected chi connectivity index (χ0v) is 14.3. The molecule has 0 saturated heterocycles. The van der Waals surface area contributed by atoms with Crippen LogP contribution >= 0.6 is 23.2 Å². The fourth-order valence-corrected chi connectivity index (χ4v) is 2.20. The van der Waals surface area contributed by atoms with Crippen LogP contribution in [0.2, 0.25) is 10.0 Å². The van der Waals surface area contributed by atoms with Gasteiger partial charge in [0, 0.05) is 18.5 Å². The quantitative estimate of drug-likeness (QED) is 0.485. The molecule has 6 heteroatoms. The van der Waals surface area contributed by atoms with Crippen LogP contribution in [-0.2, 0) is 11.3 Å². The molecule has 0 saturated carbocycles. The Balaban J connectivity index is 1.73. The molecule has 124 valence electrons. The molecule has 0 unspecified atom stereocenters. The summed E-state index contributed by atoms with van der Waals surface area (Å²) in [5, 5.41) is 3.48. The molecule has 0 fully saturated rings. The number of rotatable bonds is 4. The average Bonchev–Trinajstić information content (AvgIpc) is 2.58. The smallest absolute Gasteiger partial charge is 0.407 e. The van der Waals surface area contributed by atoms with E-state index in [1.807, 2.05) is 30.3 Å². The van der Waals surface area contributed by atoms with Gasteiger partial charge in [-0.1, -0.05) is 65.4 Å². The van der Waals surface area contributed by atoms with Gasteiger partial charge in [-0.15, -0.1) is 0 Å². The molecule has 0 aliphatic heterocycles. The maximum atomic E-state index is 11.6. The van der Waals surface area contributed by atoms with Crippen LogP contribution in [0, 0.1) is 11.8 Å². The summed E-state index contributed by atoms with van der Waals surface area (Å²) in [5.74, 6) is 5.81. The van der Waals surface area contributed by atoms with Crippen LogP contribution in [0.3, 0.4) is 0 Å². The third-order valence-electron chi connectivity index (χ3n) is 3.04. The summed E-state index contributed by atoms with van der Waals surface area (Å²) in [5.41, 5.74) is 7.59. The number of carbonyl (C=O) groups excluding carboxylic acids is 1. The van der Waals surface area contributed by atoms with Gasteiger partial charge in [-0.05, 0) is 17.7 Å². The highest BCUT2D eigenvalue weighted by atomic mass is 35.5. The summed E-state index contributed by atoms with van der Waals surface area (Å²) in [6.07, 6.45) is -0.0205. The molecule has 0 aliphatic carbocycles. The number of hydrogen-bond donors (Lipinski definition) is 2. The first-order valence-electron chi connectivity index (χ1n) is 7.24. The molecule has 2 aromatic carbocycles. The van der Waals surface area contributed by atoms with Crippen LogP contribution in [0.5, 0.6) is 0 Å². The number of ether oxygens (including phenoxy) is 1. The summed E-state index contributed by atoms with van der Waals surface area (Å²) in [4.78, 5) is 11.6. The molecule has 4 nitrogen and oxygen atoms in total. The van der Waals surface area contributed by atoms with Gasteiger partial charge in [-0.25, -0.2) is 4.79 Å². The fourth-order valence-electron chi connectivity index (χ4n) is 1.82. The largest absolute Gasteiger partial charge is 0.445 e. The Morgan fingerprint density at radius 3 is 2.67 bits per heavy atom. The standard InChI is InChI=1S/C18H16Cl2N2O2/c19-15-11-17(21)16(20)10-14(15)8-4-5-9-22-18(23)24-12-13-6-2-1-3-7-13/h1-3,6-7,10-11H,5,9,12,21H2,(H,22,23). The van der Waals surface area contributed by atoms with E-state index in [4.69, 9.17) is 33.7 Å². The molecule has 2 aromatic rings. The van der Waals surface area contributed by atoms with Crippen molar-refractivity contribution in [1.82, 2.24) is 5.32 Å². The highest BCUT2D eigenvalue weighted by molar-refractivity contribution is 6.35. The predicted octanol–water partition coefficient (Wildman–Crippen LogP) is 4.24. The molecule has 0 bridgehead atoms. The second kappa shape index (κ2) is 9.07. The van der Waals surface area contributed by atoms with E-state index >= 15 is 0 Å². The van der Waals surface area contributed by atoms with E-state index in [1.165, 1.54) is 0 Å². The number of halogens is 2. The first kappa shape index (κ1) is 18.0. The molecule has 2 rings (SSSR count). The summed E-state index contributed by atoms with van der Waals surface area (Å²) in [6, 6.07) is 12.6. The Morgan fingerprint density at radius 2 is 1.92 bits per heavy atom. The Bertz CT molecular complexity index is 768. The lowest BCUT2D eigenvalue weighted by atomic mass is 10.2. The van der Waals surface area contributed by atoms with Crippen LogP contribution in [0.1, 0.15) is 17.5 Å². The van der Waals surface area contributed by atoms with E-state index in [0.717, 1.165) is 5.56 Å². The minimum atomic E-state index is -0.478. The monoisotopic (exact) mass is 362 g/mol. The molecule has 0 aliphatic rings. The number of anilines is 1. The van der Waals surface area contributed by atoms with Crippen molar-refractivity contribution in [3.8, 4) is 11.8 Å². The SMILES string of the molecule is Nc1cc(Cl)c(C#CCCNC(=O)OCc2ccccc2)cc1Cl. The number of hydrogen-bond acceptors (Lipinski definition) is 3. The maximum absolute atomic E-state index is 11.6. The van der Waals surface area contributed by atoms with Gasteiger partial charge in [0.2, 0.25) is 0 Å². The van der Waals surface area contributed by atoms with Crippen LogP contribution in [0.4, 0.5) is 10.5 Å². The molecule has 1 amide bonds. The summed E-state index contributed by atoms with van der Waals surface area (Å²) in [7, 11) is 0. The van der Waals surface area contributed by atoms with Crippen molar-refractivity contribution in [2.45, 2.75) is 13.0 Å². The topological polar surface area (TPSA) is 64.3 Å². The molecule has 0 heterocycles. The van der Waals surface area contributed by atoms with Crippen molar-refractivity contribution in [2.24, 2.45) is 0 Å². The number of benzene rings is 2. The molecular formula is C18H16Cl2N2O2. The van der Waals surface area contributed by atoms with E-state index in [-0.39, 0.29) is 6.61 Å². The van der Waals surface area contributed by atoms with E-state index in [2.05, 4.69) is 17.2 Å². The lowest BCUT2D eigenvalue weighted by Gasteiger charge is -2.05. The van der Waals surface area contributed by atoms with Crippen LogP contribution < -0.4 is 11.1 Å². The van der Waals surface area contributed by atoms with E-state index in [0.29, 0.717) is 34.3 Å². The van der Waals surface area contributed by atoms with E-state index in [9.17, 15) is 4.79 Å². The van der Waals surface area contributed by atoms with Gasteiger partial charge in [0.05, 0.1) is 15.7 Å². The molecule has 0 spiro atoms. The first-order valence-corrected chi connectivity index (χ1v) is 8.00. The lowest BCUT2D eigenvalue weighted by molar-refractivity contribution is 0.140. The molecule has 24 heavy (non-hydrogen) atoms. The zero-order valence-electron chi connectivity index (χ0n) is 12.8. The van der Waals surface area contributed by atoms with Crippen molar-refractivity contribution < 1.29 is 9.53 Å². The van der Waals surface area contributed by atoms with Crippen molar-refractivity contribution in [2.75, 3.05) is 12.3 Å². The maximum Gasteiger partial charge on any atom is 0.407 e. The Labute approximate surface area is 150 Å². The Hall–Kier alpha value is -2.35. The fraction of sp³-hybridized carbons (Fsp3) is 0.167. The summed E-state index contributed by atoms with van der Waals surface area (Å²) < 4.78 is 5.09. The van der Waals surface area contributed by atoms with E-state index < -0.39 is 6.09 Å². The third kappa shape index (κ3) is 5.69. The highest BCUT2D eigenvalue weighted by Gasteiger charge is 2.03. The van der Waals surface area contributed by atoms with Crippen molar-refractivity contribution in [3.05, 3.63) is 63.6 Å². The highest BCUT2D eigenvalue weighted by Crippen LogP contribution is 2.26. The third-order valence-corrected chi connectivity index (χ3v) is 3.68. The Kier molecular flexibility index (Phi) is 6.80. The van der Waals surface area contributed by atoms with Crippen molar-refractivity contribution in [3.63, 3.8) is 0 Å². The number of alkyl carbamates (subject to hydrolysis) is 1. The number of nitrogens with one attached hydrogen (secondary N) is 1. The lowest BCUT2D eigenvalue weighted by Crippen LogP contribution is -2.24. The van der Waals surface area contributed by atoms with Gasteiger partial charge in [0.1, 0.15) is 6.61 Å². The van der Waals surface area contributed by atoms with Gasteiger partial charge >= 0.3 is 6.09 Å². The second-order valence-corrected chi connectivity index (χ2v) is 5.71. The second-order valence-electron chi connectivity index (χ2n) is 4.89. The van der Waals surface area contributed by atoms with Crippen LogP contribution in [0.25, 0.3) is 0 Å².